The van der Waals surface area contributed by atoms with Crippen molar-refractivity contribution < 1.29 is 14.4 Å². The van der Waals surface area contributed by atoms with E-state index in [0.717, 1.165) is 5.56 Å². The predicted molar refractivity (Wildman–Crippen MR) is 64.0 cm³/mol. The first kappa shape index (κ1) is 13.7. The molecule has 0 atom stereocenters. The second-order valence-electron chi connectivity index (χ2n) is 3.40. The number of nitrogens with one attached hydrogen (secondary N) is 3. The van der Waals surface area contributed by atoms with Gasteiger partial charge in [-0.25, -0.2) is 0 Å². The molecule has 0 fully saturated rings. The lowest BCUT2D eigenvalue weighted by Crippen LogP contribution is -2.45. The first-order valence-electron chi connectivity index (χ1n) is 5.22. The fourth-order valence-electron chi connectivity index (χ4n) is 1.17. The van der Waals surface area contributed by atoms with Gasteiger partial charge in [0, 0.05) is 12.1 Å². The van der Waals surface area contributed by atoms with Crippen molar-refractivity contribution in [3.05, 3.63) is 35.4 Å². The number of carbonyl (C=O) groups is 3. The molecule has 0 aliphatic heterocycles. The average Bonchev–Trinajstić information content (AvgIpc) is 2.42. The largest absolute Gasteiger partial charge is 0.350 e. The minimum absolute atomic E-state index is 0.199. The van der Waals surface area contributed by atoms with E-state index in [9.17, 15) is 14.4 Å². The van der Waals surface area contributed by atoms with Crippen LogP contribution in [0.2, 0.25) is 0 Å². The van der Waals surface area contributed by atoms with Crippen LogP contribution in [0.5, 0.6) is 0 Å². The van der Waals surface area contributed by atoms with Crippen molar-refractivity contribution in [1.29, 1.82) is 0 Å². The molecule has 1 rings (SSSR count). The van der Waals surface area contributed by atoms with Crippen LogP contribution in [0.3, 0.4) is 0 Å². The Kier molecular flexibility index (Phi) is 5.33. The van der Waals surface area contributed by atoms with E-state index in [1.807, 2.05) is 0 Å². The third-order valence-corrected chi connectivity index (χ3v) is 2.11. The van der Waals surface area contributed by atoms with Gasteiger partial charge in [-0.05, 0) is 17.7 Å². The van der Waals surface area contributed by atoms with Gasteiger partial charge in [0.25, 0.3) is 11.8 Å². The van der Waals surface area contributed by atoms with Crippen LogP contribution in [0.15, 0.2) is 24.3 Å². The number of rotatable bonds is 5. The molecule has 1 aromatic rings. The summed E-state index contributed by atoms with van der Waals surface area (Å²) in [5.74, 6) is -0.966. The van der Waals surface area contributed by atoms with Crippen LogP contribution in [0.1, 0.15) is 15.9 Å². The van der Waals surface area contributed by atoms with Gasteiger partial charge in [0.05, 0.1) is 6.54 Å². The van der Waals surface area contributed by atoms with Gasteiger partial charge in [0.1, 0.15) is 0 Å². The van der Waals surface area contributed by atoms with Crippen LogP contribution < -0.4 is 21.9 Å². The molecule has 0 saturated heterocycles. The highest BCUT2D eigenvalue weighted by Crippen LogP contribution is 2.02. The lowest BCUT2D eigenvalue weighted by Gasteiger charge is -2.07. The Labute approximate surface area is 104 Å². The molecule has 0 unspecified atom stereocenters. The monoisotopic (exact) mass is 250 g/mol. The zero-order valence-corrected chi connectivity index (χ0v) is 9.60. The van der Waals surface area contributed by atoms with E-state index in [2.05, 4.69) is 16.2 Å². The predicted octanol–water partition coefficient (Wildman–Crippen LogP) is -1.35. The van der Waals surface area contributed by atoms with Crippen LogP contribution in [-0.4, -0.2) is 24.8 Å². The van der Waals surface area contributed by atoms with Crippen molar-refractivity contribution in [3.8, 4) is 0 Å². The van der Waals surface area contributed by atoms with Gasteiger partial charge < -0.3 is 11.1 Å². The summed E-state index contributed by atoms with van der Waals surface area (Å²) in [4.78, 5) is 32.6. The summed E-state index contributed by atoms with van der Waals surface area (Å²) >= 11 is 0. The summed E-state index contributed by atoms with van der Waals surface area (Å²) in [7, 11) is 0. The third-order valence-electron chi connectivity index (χ3n) is 2.11. The molecule has 18 heavy (non-hydrogen) atoms. The van der Waals surface area contributed by atoms with Crippen molar-refractivity contribution in [2.24, 2.45) is 5.73 Å². The smallest absolute Gasteiger partial charge is 0.269 e. The normalized spacial score (nSPS) is 9.39. The van der Waals surface area contributed by atoms with Crippen molar-refractivity contribution >= 4 is 18.2 Å². The molecule has 0 aliphatic carbocycles. The molecule has 7 nitrogen and oxygen atoms in total. The molecule has 0 heterocycles. The quantitative estimate of drug-likeness (QED) is 0.382. The number of hydrazine groups is 1. The van der Waals surface area contributed by atoms with Crippen molar-refractivity contribution in [3.63, 3.8) is 0 Å². The molecule has 0 bridgehead atoms. The molecule has 1 aromatic carbocycles. The molecular formula is C11H14N4O3. The lowest BCUT2D eigenvalue weighted by atomic mass is 10.1. The minimum atomic E-state index is -0.519. The molecule has 7 heteroatoms. The molecule has 0 radical (unpaired) electrons. The Bertz CT molecular complexity index is 430. The first-order chi connectivity index (χ1) is 8.67. The van der Waals surface area contributed by atoms with Crippen LogP contribution in [-0.2, 0) is 16.1 Å². The van der Waals surface area contributed by atoms with Crippen LogP contribution in [0, 0.1) is 0 Å². The highest BCUT2D eigenvalue weighted by atomic mass is 16.2. The van der Waals surface area contributed by atoms with Gasteiger partial charge in [-0.1, -0.05) is 12.1 Å². The van der Waals surface area contributed by atoms with Gasteiger partial charge in [-0.15, -0.1) is 0 Å². The Morgan fingerprint density at radius 1 is 1.17 bits per heavy atom. The van der Waals surface area contributed by atoms with E-state index in [1.54, 1.807) is 24.3 Å². The molecule has 3 amide bonds. The summed E-state index contributed by atoms with van der Waals surface area (Å²) in [6, 6.07) is 6.66. The van der Waals surface area contributed by atoms with E-state index in [4.69, 9.17) is 5.73 Å². The Morgan fingerprint density at radius 3 is 2.39 bits per heavy atom. The number of hydrogen-bond donors (Lipinski definition) is 4. The second-order valence-corrected chi connectivity index (χ2v) is 3.40. The second kappa shape index (κ2) is 7.02. The number of amides is 3. The van der Waals surface area contributed by atoms with Gasteiger partial charge in [0.15, 0.2) is 0 Å². The van der Waals surface area contributed by atoms with E-state index in [1.165, 1.54) is 0 Å². The highest BCUT2D eigenvalue weighted by molar-refractivity contribution is 5.95. The van der Waals surface area contributed by atoms with E-state index in [0.29, 0.717) is 18.5 Å². The Balaban J connectivity index is 2.44. The average molecular weight is 250 g/mol. The summed E-state index contributed by atoms with van der Waals surface area (Å²) in [6.07, 6.45) is 0.396. The zero-order chi connectivity index (χ0) is 13.4. The summed E-state index contributed by atoms with van der Waals surface area (Å²) in [6.45, 7) is 0.200. The Hall–Kier alpha value is -2.41. The van der Waals surface area contributed by atoms with E-state index < -0.39 is 11.8 Å². The lowest BCUT2D eigenvalue weighted by molar-refractivity contribution is -0.122. The summed E-state index contributed by atoms with van der Waals surface area (Å²) in [5.41, 5.74) is 11.1. The minimum Gasteiger partial charge on any atom is -0.350 e. The van der Waals surface area contributed by atoms with Gasteiger partial charge in [-0.2, -0.15) is 0 Å². The topological polar surface area (TPSA) is 113 Å². The fraction of sp³-hybridized carbons (Fsp3) is 0.182. The van der Waals surface area contributed by atoms with Gasteiger partial charge in [0.2, 0.25) is 6.41 Å². The summed E-state index contributed by atoms with van der Waals surface area (Å²) in [5, 5.41) is 2.17. The maximum Gasteiger partial charge on any atom is 0.269 e. The van der Waals surface area contributed by atoms with Crippen LogP contribution in [0.4, 0.5) is 0 Å². The fourth-order valence-corrected chi connectivity index (χ4v) is 1.17. The maximum atomic E-state index is 11.6. The molecule has 0 aliphatic rings. The molecular weight excluding hydrogens is 236 g/mol. The standard InChI is InChI=1S/C11H14N4O3/c12-5-8-1-3-9(4-2-8)11(18)15-14-10(17)6-13-7-16/h1-4,7H,5-6,12H2,(H,13,16)(H,14,17)(H,15,18). The summed E-state index contributed by atoms with van der Waals surface area (Å²) < 4.78 is 0. The highest BCUT2D eigenvalue weighted by Gasteiger charge is 2.06. The third kappa shape index (κ3) is 4.22. The first-order valence-corrected chi connectivity index (χ1v) is 5.22. The molecule has 0 saturated carbocycles. The molecule has 5 N–H and O–H groups in total. The molecule has 96 valence electrons. The van der Waals surface area contributed by atoms with Crippen molar-refractivity contribution in [2.45, 2.75) is 6.54 Å². The van der Waals surface area contributed by atoms with Gasteiger partial charge >= 0.3 is 0 Å². The number of hydrogen-bond acceptors (Lipinski definition) is 4. The van der Waals surface area contributed by atoms with Crippen molar-refractivity contribution in [1.82, 2.24) is 16.2 Å². The van der Waals surface area contributed by atoms with Crippen LogP contribution >= 0.6 is 0 Å². The van der Waals surface area contributed by atoms with E-state index >= 15 is 0 Å². The van der Waals surface area contributed by atoms with E-state index in [-0.39, 0.29) is 6.54 Å². The number of carbonyl (C=O) groups excluding carboxylic acids is 3. The number of benzene rings is 1. The van der Waals surface area contributed by atoms with Crippen LogP contribution in [0.25, 0.3) is 0 Å². The molecule has 0 aromatic heterocycles. The number of nitrogens with two attached hydrogens (primary N) is 1. The Morgan fingerprint density at radius 2 is 1.83 bits per heavy atom. The maximum absolute atomic E-state index is 11.6. The zero-order valence-electron chi connectivity index (χ0n) is 9.60. The SMILES string of the molecule is NCc1ccc(C(=O)NNC(=O)CNC=O)cc1. The molecule has 0 spiro atoms. The van der Waals surface area contributed by atoms with Gasteiger partial charge in [-0.3, -0.25) is 25.2 Å². The van der Waals surface area contributed by atoms with Crippen molar-refractivity contribution in [2.75, 3.05) is 6.54 Å².